The van der Waals surface area contributed by atoms with Gasteiger partial charge in [0.15, 0.2) is 5.78 Å². The van der Waals surface area contributed by atoms with Gasteiger partial charge >= 0.3 is 0 Å². The van der Waals surface area contributed by atoms with Crippen LogP contribution in [-0.2, 0) is 12.2 Å². The number of carbonyl (C=O) groups excluding carboxylic acids is 1. The fourth-order valence-corrected chi connectivity index (χ4v) is 5.87. The molecule has 5 aromatic rings. The number of benzene rings is 2. The van der Waals surface area contributed by atoms with Gasteiger partial charge in [-0.1, -0.05) is 60.3 Å². The molecule has 2 aromatic carbocycles. The van der Waals surface area contributed by atoms with Gasteiger partial charge in [-0.05, 0) is 34.2 Å². The van der Waals surface area contributed by atoms with Crippen LogP contribution in [0.5, 0.6) is 0 Å². The molecule has 3 heterocycles. The lowest BCUT2D eigenvalue weighted by atomic mass is 9.86. The van der Waals surface area contributed by atoms with Crippen LogP contribution in [-0.4, -0.2) is 25.4 Å². The summed E-state index contributed by atoms with van der Waals surface area (Å²) in [5.74, 6) is 1.67. The van der Waals surface area contributed by atoms with Gasteiger partial charge < -0.3 is 0 Å². The van der Waals surface area contributed by atoms with E-state index in [2.05, 4.69) is 64.0 Å². The van der Waals surface area contributed by atoms with Crippen LogP contribution in [0, 0.1) is 0 Å². The van der Waals surface area contributed by atoms with E-state index in [0.717, 1.165) is 17.9 Å². The number of nitrogens with zero attached hydrogens (tertiary/aromatic N) is 4. The fourth-order valence-electron chi connectivity index (χ4n) is 4.21. The summed E-state index contributed by atoms with van der Waals surface area (Å²) in [5.41, 5.74) is 2.76. The van der Waals surface area contributed by atoms with Crippen molar-refractivity contribution in [3.8, 4) is 0 Å². The maximum Gasteiger partial charge on any atom is 0.253 e. The molecule has 0 N–H and O–H groups in total. The second-order valence-corrected chi connectivity index (χ2v) is 9.63. The highest BCUT2D eigenvalue weighted by Gasteiger charge is 2.29. The monoisotopic (exact) mass is 442 g/mol. The van der Waals surface area contributed by atoms with Gasteiger partial charge in [0, 0.05) is 29.2 Å². The Hall–Kier alpha value is -3.03. The molecule has 1 aliphatic rings. The van der Waals surface area contributed by atoms with Gasteiger partial charge in [-0.2, -0.15) is 4.98 Å². The average Bonchev–Trinajstić information content (AvgIpc) is 3.46. The molecular weight excluding hydrogens is 424 g/mol. The first-order chi connectivity index (χ1) is 15.2. The van der Waals surface area contributed by atoms with Gasteiger partial charge in [-0.15, -0.1) is 16.4 Å². The maximum atomic E-state index is 12.8. The SMILES string of the molecule is O=C1C[C@H](c2cccs2)Cc2nc3nc(SCc4cccc5ccccc45)nn3cc21. The first-order valence-electron chi connectivity index (χ1n) is 10.2. The molecule has 3 aromatic heterocycles. The van der Waals surface area contributed by atoms with Crippen LogP contribution >= 0.6 is 23.1 Å². The first kappa shape index (κ1) is 18.7. The highest BCUT2D eigenvalue weighted by Crippen LogP contribution is 2.34. The van der Waals surface area contributed by atoms with Gasteiger partial charge in [0.25, 0.3) is 5.78 Å². The number of Topliss-reactive ketones (excluding diaryl/α,β-unsaturated/α-hetero) is 1. The Balaban J connectivity index is 1.28. The predicted octanol–water partition coefficient (Wildman–Crippen LogP) is 5.54. The Bertz CT molecular complexity index is 1420. The van der Waals surface area contributed by atoms with E-state index < -0.39 is 0 Å². The number of aromatic nitrogens is 4. The molecule has 0 spiro atoms. The van der Waals surface area contributed by atoms with Crippen molar-refractivity contribution in [2.45, 2.75) is 29.7 Å². The number of carbonyl (C=O) groups is 1. The van der Waals surface area contributed by atoms with Crippen molar-refractivity contribution in [1.82, 2.24) is 19.6 Å². The lowest BCUT2D eigenvalue weighted by Crippen LogP contribution is -2.20. The maximum absolute atomic E-state index is 12.8. The smallest absolute Gasteiger partial charge is 0.253 e. The minimum absolute atomic E-state index is 0.134. The third-order valence-corrected chi connectivity index (χ3v) is 7.67. The Morgan fingerprint density at radius 2 is 1.94 bits per heavy atom. The van der Waals surface area contributed by atoms with Gasteiger partial charge in [0.05, 0.1) is 11.3 Å². The van der Waals surface area contributed by atoms with Crippen molar-refractivity contribution in [1.29, 1.82) is 0 Å². The molecule has 152 valence electrons. The van der Waals surface area contributed by atoms with Crippen LogP contribution < -0.4 is 0 Å². The number of hydrogen-bond acceptors (Lipinski definition) is 6. The number of hydrogen-bond donors (Lipinski definition) is 0. The van der Waals surface area contributed by atoms with Gasteiger partial charge in [0.1, 0.15) is 0 Å². The number of rotatable bonds is 4. The Kier molecular flexibility index (Phi) is 4.58. The second kappa shape index (κ2) is 7.59. The van der Waals surface area contributed by atoms with E-state index in [1.54, 1.807) is 33.8 Å². The predicted molar refractivity (Wildman–Crippen MR) is 124 cm³/mol. The quantitative estimate of drug-likeness (QED) is 0.342. The highest BCUT2D eigenvalue weighted by molar-refractivity contribution is 7.98. The van der Waals surface area contributed by atoms with Gasteiger partial charge in [0.2, 0.25) is 5.16 Å². The largest absolute Gasteiger partial charge is 0.294 e. The molecule has 1 atom stereocenters. The third-order valence-electron chi connectivity index (χ3n) is 5.75. The summed E-state index contributed by atoms with van der Waals surface area (Å²) in [6, 6.07) is 18.9. The van der Waals surface area contributed by atoms with E-state index in [0.29, 0.717) is 22.9 Å². The first-order valence-corrected chi connectivity index (χ1v) is 12.0. The molecule has 0 radical (unpaired) electrons. The lowest BCUT2D eigenvalue weighted by Gasteiger charge is -2.21. The summed E-state index contributed by atoms with van der Waals surface area (Å²) >= 11 is 3.29. The zero-order valence-electron chi connectivity index (χ0n) is 16.6. The topological polar surface area (TPSA) is 60.2 Å². The summed E-state index contributed by atoms with van der Waals surface area (Å²) < 4.78 is 1.65. The minimum atomic E-state index is 0.134. The van der Waals surface area contributed by atoms with Crippen LogP contribution in [0.2, 0.25) is 0 Å². The number of ketones is 1. The second-order valence-electron chi connectivity index (χ2n) is 7.71. The molecule has 0 saturated heterocycles. The van der Waals surface area contributed by atoms with Gasteiger partial charge in [-0.25, -0.2) is 9.50 Å². The van der Waals surface area contributed by atoms with Crippen molar-refractivity contribution < 1.29 is 4.79 Å². The van der Waals surface area contributed by atoms with Crippen LogP contribution in [0.3, 0.4) is 0 Å². The molecule has 7 heteroatoms. The third kappa shape index (κ3) is 3.43. The fraction of sp³-hybridized carbons (Fsp3) is 0.167. The van der Waals surface area contributed by atoms with Crippen molar-refractivity contribution in [3.63, 3.8) is 0 Å². The summed E-state index contributed by atoms with van der Waals surface area (Å²) in [7, 11) is 0. The van der Waals surface area contributed by atoms with Crippen molar-refractivity contribution in [2.24, 2.45) is 0 Å². The average molecular weight is 443 g/mol. The molecule has 0 aliphatic heterocycles. The van der Waals surface area contributed by atoms with Crippen molar-refractivity contribution >= 4 is 45.4 Å². The Morgan fingerprint density at radius 1 is 1.03 bits per heavy atom. The minimum Gasteiger partial charge on any atom is -0.294 e. The molecule has 0 unspecified atom stereocenters. The molecule has 6 rings (SSSR count). The molecular formula is C24H18N4OS2. The van der Waals surface area contributed by atoms with E-state index in [4.69, 9.17) is 4.98 Å². The lowest BCUT2D eigenvalue weighted by molar-refractivity contribution is 0.0963. The molecule has 31 heavy (non-hydrogen) atoms. The number of thiophene rings is 1. The van der Waals surface area contributed by atoms with Crippen LogP contribution in [0.1, 0.15) is 38.8 Å². The summed E-state index contributed by atoms with van der Waals surface area (Å²) in [4.78, 5) is 23.4. The van der Waals surface area contributed by atoms with Crippen molar-refractivity contribution in [2.75, 3.05) is 0 Å². The van der Waals surface area contributed by atoms with E-state index in [1.807, 2.05) is 6.07 Å². The van der Waals surface area contributed by atoms with Gasteiger partial charge in [-0.3, -0.25) is 4.79 Å². The van der Waals surface area contributed by atoms with Crippen LogP contribution in [0.4, 0.5) is 0 Å². The standard InChI is InChI=1S/C24H18N4OS2/c29-21-12-17(22-9-4-10-30-22)11-20-19(21)13-28-23(25-20)26-24(27-28)31-14-16-7-3-6-15-5-1-2-8-18(15)16/h1-10,13,17H,11-12,14H2/t17-/m1/s1. The molecule has 5 nitrogen and oxygen atoms in total. The molecule has 0 bridgehead atoms. The summed E-state index contributed by atoms with van der Waals surface area (Å²) in [6.07, 6.45) is 3.10. The molecule has 1 aliphatic carbocycles. The highest BCUT2D eigenvalue weighted by atomic mass is 32.2. The van der Waals surface area contributed by atoms with Crippen LogP contribution in [0.15, 0.2) is 71.3 Å². The summed E-state index contributed by atoms with van der Waals surface area (Å²) in [6.45, 7) is 0. The van der Waals surface area contributed by atoms with Crippen LogP contribution in [0.25, 0.3) is 16.6 Å². The van der Waals surface area contributed by atoms with Crippen molar-refractivity contribution in [3.05, 3.63) is 87.9 Å². The normalized spacial score (nSPS) is 16.1. The Morgan fingerprint density at radius 3 is 2.84 bits per heavy atom. The van der Waals surface area contributed by atoms with E-state index >= 15 is 0 Å². The molecule has 0 saturated carbocycles. The van der Waals surface area contributed by atoms with E-state index in [1.165, 1.54) is 21.2 Å². The van der Waals surface area contributed by atoms with E-state index in [-0.39, 0.29) is 11.7 Å². The zero-order valence-corrected chi connectivity index (χ0v) is 18.2. The Labute approximate surface area is 187 Å². The molecule has 0 amide bonds. The molecule has 0 fully saturated rings. The number of fused-ring (bicyclic) bond motifs is 3. The van der Waals surface area contributed by atoms with E-state index in [9.17, 15) is 4.79 Å². The summed E-state index contributed by atoms with van der Waals surface area (Å²) in [5, 5.41) is 9.79. The number of thioether (sulfide) groups is 1. The zero-order chi connectivity index (χ0) is 20.8.